The highest BCUT2D eigenvalue weighted by atomic mass is 35.5. The van der Waals surface area contributed by atoms with Crippen molar-refractivity contribution < 1.29 is 9.13 Å². The second kappa shape index (κ2) is 7.07. The first kappa shape index (κ1) is 19.0. The molecule has 6 nitrogen and oxygen atoms in total. The second-order valence-corrected chi connectivity index (χ2v) is 8.60. The summed E-state index contributed by atoms with van der Waals surface area (Å²) in [6.45, 7) is 0. The van der Waals surface area contributed by atoms with Crippen LogP contribution >= 0.6 is 22.9 Å². The number of methoxy groups -OCH3 is 1. The number of aromatic amines is 1. The van der Waals surface area contributed by atoms with E-state index in [9.17, 15) is 14.0 Å². The first-order chi connectivity index (χ1) is 14.5. The van der Waals surface area contributed by atoms with Crippen LogP contribution in [0.3, 0.4) is 0 Å². The molecule has 3 aromatic heterocycles. The number of benzene rings is 1. The number of hydrogen-bond donors (Lipinski definition) is 1. The minimum absolute atomic E-state index is 0.0423. The lowest BCUT2D eigenvalue weighted by atomic mass is 10.1. The van der Waals surface area contributed by atoms with E-state index in [-0.39, 0.29) is 10.8 Å². The number of ether oxygens (including phenoxy) is 1. The minimum atomic E-state index is -0.578. The van der Waals surface area contributed by atoms with Crippen LogP contribution in [0, 0.1) is 5.82 Å². The molecule has 0 atom stereocenters. The molecule has 30 heavy (non-hydrogen) atoms. The van der Waals surface area contributed by atoms with E-state index in [1.807, 2.05) is 6.07 Å². The highest BCUT2D eigenvalue weighted by Gasteiger charge is 2.24. The van der Waals surface area contributed by atoms with E-state index in [0.717, 1.165) is 29.0 Å². The predicted octanol–water partition coefficient (Wildman–Crippen LogP) is 4.48. The van der Waals surface area contributed by atoms with Crippen LogP contribution in [0.1, 0.15) is 24.3 Å². The van der Waals surface area contributed by atoms with E-state index >= 15 is 0 Å². The van der Waals surface area contributed by atoms with Gasteiger partial charge in [0.2, 0.25) is 0 Å². The van der Waals surface area contributed by atoms with Crippen molar-refractivity contribution in [3.8, 4) is 21.9 Å². The zero-order valence-electron chi connectivity index (χ0n) is 15.7. The molecule has 5 rings (SSSR count). The third-order valence-corrected chi connectivity index (χ3v) is 6.60. The highest BCUT2D eigenvalue weighted by Crippen LogP contribution is 2.40. The van der Waals surface area contributed by atoms with Crippen LogP contribution in [0.2, 0.25) is 5.02 Å². The molecule has 0 amide bonds. The van der Waals surface area contributed by atoms with Crippen molar-refractivity contribution in [1.29, 1.82) is 0 Å². The number of thiophene rings is 1. The van der Waals surface area contributed by atoms with Gasteiger partial charge < -0.3 is 9.72 Å². The topological polar surface area (TPSA) is 77.0 Å². The smallest absolute Gasteiger partial charge is 0.333 e. The summed E-state index contributed by atoms with van der Waals surface area (Å²) in [6.07, 6.45) is 5.45. The van der Waals surface area contributed by atoms with E-state index in [1.165, 1.54) is 30.7 Å². The Labute approximate surface area is 178 Å². The predicted molar refractivity (Wildman–Crippen MR) is 115 cm³/mol. The first-order valence-corrected chi connectivity index (χ1v) is 10.4. The number of pyridine rings is 1. The number of fused-ring (bicyclic) bond motifs is 1. The van der Waals surface area contributed by atoms with E-state index in [4.69, 9.17) is 16.3 Å². The van der Waals surface area contributed by atoms with Gasteiger partial charge in [-0.2, -0.15) is 0 Å². The van der Waals surface area contributed by atoms with Crippen LogP contribution in [0.4, 0.5) is 4.39 Å². The molecule has 1 aliphatic rings. The largest absolute Gasteiger partial charge is 0.494 e. The summed E-state index contributed by atoms with van der Waals surface area (Å²) in [7, 11) is 1.36. The molecular formula is C21H15ClFN3O3S. The third kappa shape index (κ3) is 3.12. The van der Waals surface area contributed by atoms with Crippen molar-refractivity contribution in [2.45, 2.75) is 18.8 Å². The molecule has 1 saturated carbocycles. The summed E-state index contributed by atoms with van der Waals surface area (Å²) in [5.74, 6) is -0.0909. The number of H-pyrrole nitrogens is 1. The summed E-state index contributed by atoms with van der Waals surface area (Å²) in [5, 5.41) is 0.184. The van der Waals surface area contributed by atoms with Crippen LogP contribution in [0.5, 0.6) is 5.75 Å². The molecule has 152 valence electrons. The lowest BCUT2D eigenvalue weighted by molar-refractivity contribution is 0.387. The Morgan fingerprint density at radius 2 is 2.03 bits per heavy atom. The number of nitrogens with one attached hydrogen (secondary N) is 1. The Balaban J connectivity index is 1.68. The fourth-order valence-corrected chi connectivity index (χ4v) is 4.84. The third-order valence-electron chi connectivity index (χ3n) is 5.13. The fraction of sp³-hybridized carbons (Fsp3) is 0.190. The normalized spacial score (nSPS) is 13.7. The lowest BCUT2D eigenvalue weighted by Crippen LogP contribution is -2.33. The number of hydrogen-bond acceptors (Lipinski definition) is 5. The minimum Gasteiger partial charge on any atom is -0.494 e. The summed E-state index contributed by atoms with van der Waals surface area (Å²) >= 11 is 7.39. The van der Waals surface area contributed by atoms with Gasteiger partial charge in [0.15, 0.2) is 11.6 Å². The summed E-state index contributed by atoms with van der Waals surface area (Å²) < 4.78 is 20.4. The molecule has 1 aromatic carbocycles. The Kier molecular flexibility index (Phi) is 4.48. The maximum Gasteiger partial charge on any atom is 0.333 e. The molecule has 0 aliphatic heterocycles. The second-order valence-electron chi connectivity index (χ2n) is 7.14. The van der Waals surface area contributed by atoms with Gasteiger partial charge in [-0.3, -0.25) is 9.78 Å². The number of nitrogens with zero attached hydrogens (tertiary/aromatic N) is 2. The molecule has 0 bridgehead atoms. The maximum atomic E-state index is 13.9. The Bertz CT molecular complexity index is 1420. The van der Waals surface area contributed by atoms with Gasteiger partial charge in [-0.1, -0.05) is 11.6 Å². The van der Waals surface area contributed by atoms with Gasteiger partial charge in [0.05, 0.1) is 29.5 Å². The maximum absolute atomic E-state index is 13.9. The molecule has 4 aromatic rings. The molecule has 3 heterocycles. The summed E-state index contributed by atoms with van der Waals surface area (Å²) in [4.78, 5) is 33.4. The van der Waals surface area contributed by atoms with Gasteiger partial charge >= 0.3 is 5.69 Å². The van der Waals surface area contributed by atoms with Crippen LogP contribution in [-0.4, -0.2) is 21.6 Å². The van der Waals surface area contributed by atoms with E-state index < -0.39 is 17.1 Å². The van der Waals surface area contributed by atoms with E-state index in [1.54, 1.807) is 12.3 Å². The van der Waals surface area contributed by atoms with Gasteiger partial charge in [-0.25, -0.2) is 13.8 Å². The molecule has 0 spiro atoms. The average Bonchev–Trinajstić information content (AvgIpc) is 3.48. The number of aromatic nitrogens is 3. The molecule has 1 aliphatic carbocycles. The molecule has 0 radical (unpaired) electrons. The average molecular weight is 444 g/mol. The summed E-state index contributed by atoms with van der Waals surface area (Å²) in [6, 6.07) is 6.13. The zero-order valence-corrected chi connectivity index (χ0v) is 17.3. The zero-order chi connectivity index (χ0) is 21.0. The molecule has 0 saturated heterocycles. The van der Waals surface area contributed by atoms with E-state index in [0.29, 0.717) is 32.3 Å². The summed E-state index contributed by atoms with van der Waals surface area (Å²) in [5.41, 5.74) is 1.38. The Morgan fingerprint density at radius 1 is 1.23 bits per heavy atom. The van der Waals surface area contributed by atoms with Crippen molar-refractivity contribution in [3.05, 3.63) is 73.9 Å². The van der Waals surface area contributed by atoms with Gasteiger partial charge in [-0.15, -0.1) is 11.3 Å². The van der Waals surface area contributed by atoms with Crippen LogP contribution in [-0.2, 0) is 0 Å². The molecule has 9 heteroatoms. The van der Waals surface area contributed by atoms with Crippen molar-refractivity contribution in [1.82, 2.24) is 14.5 Å². The quantitative estimate of drug-likeness (QED) is 0.504. The first-order valence-electron chi connectivity index (χ1n) is 9.24. The molecule has 1 N–H and O–H groups in total. The van der Waals surface area contributed by atoms with E-state index in [2.05, 4.69) is 9.97 Å². The van der Waals surface area contributed by atoms with Crippen molar-refractivity contribution in [2.24, 2.45) is 0 Å². The van der Waals surface area contributed by atoms with Gasteiger partial charge in [0.25, 0.3) is 5.56 Å². The Morgan fingerprint density at radius 3 is 2.77 bits per heavy atom. The highest BCUT2D eigenvalue weighted by molar-refractivity contribution is 7.22. The number of rotatable bonds is 4. The Hall–Kier alpha value is -2.97. The number of halogens is 2. The SMILES string of the molecule is COc1cc(-c2cc3[nH]c(=O)n(-c4cncc(C5CC5)c4)c(=O)c3s2)c(Cl)cc1F. The van der Waals surface area contributed by atoms with Crippen LogP contribution in [0.25, 0.3) is 26.3 Å². The monoisotopic (exact) mass is 443 g/mol. The van der Waals surface area contributed by atoms with Crippen molar-refractivity contribution in [3.63, 3.8) is 0 Å². The standard InChI is InChI=1S/C21H15ClFN3O3S/c1-29-17-5-13(14(22)6-15(17)23)18-7-16-19(30-18)20(27)26(21(28)25-16)12-4-11(8-24-9-12)10-2-3-10/h4-10H,2-3H2,1H3,(H,25,28). The van der Waals surface area contributed by atoms with Crippen LogP contribution in [0.15, 0.2) is 46.2 Å². The lowest BCUT2D eigenvalue weighted by Gasteiger charge is -2.06. The molecule has 1 fully saturated rings. The van der Waals surface area contributed by atoms with Gasteiger partial charge in [0.1, 0.15) is 4.70 Å². The van der Waals surface area contributed by atoms with Crippen LogP contribution < -0.4 is 16.0 Å². The van der Waals surface area contributed by atoms with Gasteiger partial charge in [0, 0.05) is 16.6 Å². The fourth-order valence-electron chi connectivity index (χ4n) is 3.46. The molecule has 0 unspecified atom stereocenters. The molecular weight excluding hydrogens is 429 g/mol. The van der Waals surface area contributed by atoms with Crippen molar-refractivity contribution in [2.75, 3.05) is 7.11 Å². The van der Waals surface area contributed by atoms with Crippen molar-refractivity contribution >= 4 is 33.2 Å². The van der Waals surface area contributed by atoms with Gasteiger partial charge in [-0.05, 0) is 48.6 Å².